The van der Waals surface area contributed by atoms with Crippen LogP contribution < -0.4 is 4.90 Å². The van der Waals surface area contributed by atoms with Gasteiger partial charge in [0.05, 0.1) is 10.6 Å². The van der Waals surface area contributed by atoms with Crippen molar-refractivity contribution in [2.24, 2.45) is 0 Å². The Morgan fingerprint density at radius 3 is 2.21 bits per heavy atom. The maximum absolute atomic E-state index is 13.0. The van der Waals surface area contributed by atoms with Gasteiger partial charge in [-0.15, -0.1) is 11.8 Å². The Kier molecular flexibility index (Phi) is 5.12. The molecule has 1 heterocycles. The number of hydrogen-bond donors (Lipinski definition) is 0. The molecule has 4 nitrogen and oxygen atoms in total. The van der Waals surface area contributed by atoms with Gasteiger partial charge in [-0.25, -0.2) is 12.8 Å². The van der Waals surface area contributed by atoms with Gasteiger partial charge in [-0.2, -0.15) is 4.31 Å². The fourth-order valence-electron chi connectivity index (χ4n) is 2.82. The highest BCUT2D eigenvalue weighted by Crippen LogP contribution is 2.29. The molecule has 7 heteroatoms. The number of piperazine rings is 1. The zero-order chi connectivity index (χ0) is 17.2. The largest absolute Gasteiger partial charge is 0.368 e. The van der Waals surface area contributed by atoms with Crippen LogP contribution in [0, 0.1) is 5.82 Å². The van der Waals surface area contributed by atoms with E-state index in [1.165, 1.54) is 33.5 Å². The van der Waals surface area contributed by atoms with E-state index in [9.17, 15) is 12.8 Å². The van der Waals surface area contributed by atoms with Crippen molar-refractivity contribution in [1.82, 2.24) is 4.31 Å². The average molecular weight is 366 g/mol. The molecule has 128 valence electrons. The molecule has 0 saturated carbocycles. The van der Waals surface area contributed by atoms with Gasteiger partial charge in [0.2, 0.25) is 10.0 Å². The molecule has 3 rings (SSSR count). The van der Waals surface area contributed by atoms with Crippen LogP contribution in [0.5, 0.6) is 0 Å². The van der Waals surface area contributed by atoms with E-state index < -0.39 is 15.8 Å². The summed E-state index contributed by atoms with van der Waals surface area (Å²) in [6.07, 6.45) is 2.04. The Bertz CT molecular complexity index is 802. The molecule has 2 aromatic rings. The number of nitrogens with zero attached hydrogens (tertiary/aromatic N) is 2. The van der Waals surface area contributed by atoms with E-state index in [2.05, 4.69) is 17.0 Å². The maximum Gasteiger partial charge on any atom is 0.243 e. The van der Waals surface area contributed by atoms with E-state index >= 15 is 0 Å². The van der Waals surface area contributed by atoms with Crippen molar-refractivity contribution in [3.05, 3.63) is 54.3 Å². The summed E-state index contributed by atoms with van der Waals surface area (Å²) in [4.78, 5) is 3.54. The first kappa shape index (κ1) is 17.3. The zero-order valence-electron chi connectivity index (χ0n) is 13.4. The molecule has 1 aliphatic heterocycles. The van der Waals surface area contributed by atoms with Crippen molar-refractivity contribution in [2.75, 3.05) is 37.3 Å². The maximum atomic E-state index is 13.0. The smallest absolute Gasteiger partial charge is 0.243 e. The molecular formula is C17H19FN2O2S2. The number of rotatable bonds is 4. The van der Waals surface area contributed by atoms with Crippen LogP contribution in [0.25, 0.3) is 0 Å². The second kappa shape index (κ2) is 7.13. The molecule has 0 aliphatic carbocycles. The molecule has 0 N–H and O–H groups in total. The lowest BCUT2D eigenvalue weighted by molar-refractivity contribution is 0.384. The summed E-state index contributed by atoms with van der Waals surface area (Å²) >= 11 is 1.68. The van der Waals surface area contributed by atoms with Gasteiger partial charge in [0.1, 0.15) is 5.82 Å². The second-order valence-corrected chi connectivity index (χ2v) is 8.30. The summed E-state index contributed by atoms with van der Waals surface area (Å²) in [5, 5.41) is 0. The number of sulfonamides is 1. The molecule has 0 aromatic heterocycles. The quantitative estimate of drug-likeness (QED) is 0.780. The van der Waals surface area contributed by atoms with Crippen molar-refractivity contribution >= 4 is 27.5 Å². The van der Waals surface area contributed by atoms with Crippen molar-refractivity contribution in [3.8, 4) is 0 Å². The van der Waals surface area contributed by atoms with Crippen LogP contribution in [0.4, 0.5) is 10.1 Å². The first-order valence-corrected chi connectivity index (χ1v) is 10.3. The molecule has 24 heavy (non-hydrogen) atoms. The summed E-state index contributed by atoms with van der Waals surface area (Å²) < 4.78 is 39.8. The molecule has 0 amide bonds. The van der Waals surface area contributed by atoms with Crippen molar-refractivity contribution < 1.29 is 12.8 Å². The van der Waals surface area contributed by atoms with Crippen LogP contribution in [0.3, 0.4) is 0 Å². The lowest BCUT2D eigenvalue weighted by Crippen LogP contribution is -2.48. The lowest BCUT2D eigenvalue weighted by atomic mass is 10.2. The van der Waals surface area contributed by atoms with Gasteiger partial charge in [-0.1, -0.05) is 12.1 Å². The summed E-state index contributed by atoms with van der Waals surface area (Å²) in [5.41, 5.74) is 1.14. The molecule has 0 unspecified atom stereocenters. The van der Waals surface area contributed by atoms with Gasteiger partial charge < -0.3 is 4.90 Å². The first-order chi connectivity index (χ1) is 11.5. The average Bonchev–Trinajstić information content (AvgIpc) is 2.62. The monoisotopic (exact) mass is 366 g/mol. The van der Waals surface area contributed by atoms with E-state index in [0.29, 0.717) is 26.2 Å². The molecule has 0 radical (unpaired) electrons. The van der Waals surface area contributed by atoms with Gasteiger partial charge in [0.25, 0.3) is 0 Å². The number of hydrogen-bond acceptors (Lipinski definition) is 4. The predicted molar refractivity (Wildman–Crippen MR) is 95.6 cm³/mol. The van der Waals surface area contributed by atoms with Crippen molar-refractivity contribution in [3.63, 3.8) is 0 Å². The third-order valence-electron chi connectivity index (χ3n) is 4.12. The van der Waals surface area contributed by atoms with Crippen LogP contribution in [0.15, 0.2) is 58.3 Å². The van der Waals surface area contributed by atoms with Gasteiger partial charge in [0, 0.05) is 31.1 Å². The van der Waals surface area contributed by atoms with E-state index in [1.54, 1.807) is 11.8 Å². The van der Waals surface area contributed by atoms with Crippen molar-refractivity contribution in [2.45, 2.75) is 9.79 Å². The number of halogens is 1. The molecular weight excluding hydrogens is 347 g/mol. The SMILES string of the molecule is CSc1ccccc1N1CCN(S(=O)(=O)c2ccc(F)cc2)CC1. The highest BCUT2D eigenvalue weighted by atomic mass is 32.2. The molecule has 0 atom stereocenters. The standard InChI is InChI=1S/C17H19FN2O2S2/c1-23-17-5-3-2-4-16(17)19-10-12-20(13-11-19)24(21,22)15-8-6-14(18)7-9-15/h2-9H,10-13H2,1H3. The third kappa shape index (κ3) is 3.43. The minimum atomic E-state index is -3.57. The zero-order valence-corrected chi connectivity index (χ0v) is 15.0. The van der Waals surface area contributed by atoms with Gasteiger partial charge >= 0.3 is 0 Å². The number of thioether (sulfide) groups is 1. The molecule has 1 saturated heterocycles. The molecule has 0 spiro atoms. The summed E-state index contributed by atoms with van der Waals surface area (Å²) in [5.74, 6) is -0.438. The Morgan fingerprint density at radius 2 is 1.58 bits per heavy atom. The Balaban J connectivity index is 1.74. The predicted octanol–water partition coefficient (Wildman–Crippen LogP) is 3.06. The van der Waals surface area contributed by atoms with Gasteiger partial charge in [-0.05, 0) is 42.7 Å². The number of benzene rings is 2. The van der Waals surface area contributed by atoms with E-state index in [-0.39, 0.29) is 4.90 Å². The van der Waals surface area contributed by atoms with Crippen LogP contribution in [0.2, 0.25) is 0 Å². The molecule has 1 fully saturated rings. The number of anilines is 1. The van der Waals surface area contributed by atoms with E-state index in [0.717, 1.165) is 5.69 Å². The van der Waals surface area contributed by atoms with E-state index in [4.69, 9.17) is 0 Å². The van der Waals surface area contributed by atoms with Crippen LogP contribution in [0.1, 0.15) is 0 Å². The lowest BCUT2D eigenvalue weighted by Gasteiger charge is -2.36. The Morgan fingerprint density at radius 1 is 0.958 bits per heavy atom. The van der Waals surface area contributed by atoms with Crippen LogP contribution in [-0.2, 0) is 10.0 Å². The summed E-state index contributed by atoms with van der Waals surface area (Å²) in [6, 6.07) is 13.1. The minimum Gasteiger partial charge on any atom is -0.368 e. The molecule has 1 aliphatic rings. The third-order valence-corrected chi connectivity index (χ3v) is 6.81. The fraction of sp³-hybridized carbons (Fsp3) is 0.294. The minimum absolute atomic E-state index is 0.141. The Labute approximate surface area is 146 Å². The molecule has 0 bridgehead atoms. The Hall–Kier alpha value is -1.57. The fourth-order valence-corrected chi connectivity index (χ4v) is 4.86. The normalized spacial score (nSPS) is 16.3. The van der Waals surface area contributed by atoms with Gasteiger partial charge in [-0.3, -0.25) is 0 Å². The first-order valence-electron chi connectivity index (χ1n) is 7.66. The van der Waals surface area contributed by atoms with E-state index in [1.807, 2.05) is 18.4 Å². The topological polar surface area (TPSA) is 40.6 Å². The van der Waals surface area contributed by atoms with Gasteiger partial charge in [0.15, 0.2) is 0 Å². The number of para-hydroxylation sites is 1. The highest BCUT2D eigenvalue weighted by Gasteiger charge is 2.29. The summed E-state index contributed by atoms with van der Waals surface area (Å²) in [7, 11) is -3.57. The molecule has 2 aromatic carbocycles. The van der Waals surface area contributed by atoms with Crippen LogP contribution in [-0.4, -0.2) is 45.2 Å². The second-order valence-electron chi connectivity index (χ2n) is 5.52. The summed E-state index contributed by atoms with van der Waals surface area (Å²) in [6.45, 7) is 2.11. The van der Waals surface area contributed by atoms with Crippen LogP contribution >= 0.6 is 11.8 Å². The highest BCUT2D eigenvalue weighted by molar-refractivity contribution is 7.98. The van der Waals surface area contributed by atoms with Crippen molar-refractivity contribution in [1.29, 1.82) is 0 Å².